The molecule has 12 heteroatoms. The highest BCUT2D eigenvalue weighted by atomic mass is 35.5. The molecule has 2 heterocycles. The number of carbonyl (C=O) groups is 1. The largest absolute Gasteiger partial charge is 0.344 e. The van der Waals surface area contributed by atoms with Gasteiger partial charge in [-0.3, -0.25) is 4.79 Å². The number of amides is 1. The number of hydrogen-bond acceptors (Lipinski definition) is 4. The molecule has 1 atom stereocenters. The topological polar surface area (TPSA) is 93.1 Å². The predicted molar refractivity (Wildman–Crippen MR) is 93.0 cm³/mol. The zero-order chi connectivity index (χ0) is 20.6. The number of sulfonamides is 1. The fourth-order valence-electron chi connectivity index (χ4n) is 2.09. The summed E-state index contributed by atoms with van der Waals surface area (Å²) in [4.78, 5) is 15.2. The lowest BCUT2D eigenvalue weighted by atomic mass is 10.2. The molecule has 27 heavy (non-hydrogen) atoms. The quantitative estimate of drug-likeness (QED) is 0.697. The molecule has 0 aliphatic rings. The van der Waals surface area contributed by atoms with Gasteiger partial charge in [-0.2, -0.15) is 4.39 Å². The molecule has 0 saturated carbocycles. The molecule has 0 saturated heterocycles. The van der Waals surface area contributed by atoms with Crippen molar-refractivity contribution in [2.45, 2.75) is 30.7 Å². The van der Waals surface area contributed by atoms with Crippen molar-refractivity contribution in [3.63, 3.8) is 0 Å². The Balaban J connectivity index is 2.34. The normalized spacial score (nSPS) is 13.4. The highest BCUT2D eigenvalue weighted by Gasteiger charge is 2.36. The van der Waals surface area contributed by atoms with Crippen LogP contribution in [0.1, 0.15) is 24.3 Å². The molecule has 1 amide bonds. The van der Waals surface area contributed by atoms with Crippen molar-refractivity contribution in [1.82, 2.24) is 14.3 Å². The molecule has 148 valence electrons. The number of anilines is 1. The number of pyridine rings is 1. The molecule has 0 spiro atoms. The Bertz CT molecular complexity index is 973. The third kappa shape index (κ3) is 4.79. The first kappa shape index (κ1) is 21.2. The van der Waals surface area contributed by atoms with E-state index in [9.17, 15) is 26.4 Å². The van der Waals surface area contributed by atoms with Crippen molar-refractivity contribution in [2.75, 3.05) is 5.32 Å². The van der Waals surface area contributed by atoms with Crippen molar-refractivity contribution in [3.05, 3.63) is 41.2 Å². The number of nitrogens with one attached hydrogen (secondary N) is 2. The van der Waals surface area contributed by atoms with Crippen LogP contribution in [0.15, 0.2) is 29.4 Å². The summed E-state index contributed by atoms with van der Waals surface area (Å²) in [5, 5.41) is 1.90. The van der Waals surface area contributed by atoms with Crippen LogP contribution in [0.4, 0.5) is 18.9 Å². The zero-order valence-corrected chi connectivity index (χ0v) is 16.0. The van der Waals surface area contributed by atoms with Gasteiger partial charge in [0, 0.05) is 38.1 Å². The van der Waals surface area contributed by atoms with Gasteiger partial charge in [0.15, 0.2) is 0 Å². The van der Waals surface area contributed by atoms with E-state index in [1.165, 1.54) is 13.1 Å². The molecule has 7 nitrogen and oxygen atoms in total. The van der Waals surface area contributed by atoms with Crippen LogP contribution in [-0.4, -0.2) is 35.8 Å². The van der Waals surface area contributed by atoms with Gasteiger partial charge in [-0.25, -0.2) is 26.9 Å². The highest BCUT2D eigenvalue weighted by Crippen LogP contribution is 2.29. The van der Waals surface area contributed by atoms with Gasteiger partial charge in [0.25, 0.3) is 11.8 Å². The summed E-state index contributed by atoms with van der Waals surface area (Å²) in [7, 11) is -3.07. The summed E-state index contributed by atoms with van der Waals surface area (Å²) in [5.41, 5.74) is -0.170. The summed E-state index contributed by atoms with van der Waals surface area (Å²) in [6, 6.07) is 0.580. The first-order valence-electron chi connectivity index (χ1n) is 7.51. The lowest BCUT2D eigenvalue weighted by Crippen LogP contribution is -2.43. The maximum atomic E-state index is 13.3. The maximum absolute atomic E-state index is 13.3. The second-order valence-electron chi connectivity index (χ2n) is 5.89. The summed E-state index contributed by atoms with van der Waals surface area (Å²) in [6.07, 6.45) is 2.15. The Morgan fingerprint density at radius 3 is 2.59 bits per heavy atom. The van der Waals surface area contributed by atoms with E-state index in [2.05, 4.69) is 10.3 Å². The van der Waals surface area contributed by atoms with Gasteiger partial charge in [0.05, 0.1) is 11.1 Å². The van der Waals surface area contributed by atoms with E-state index in [4.69, 9.17) is 11.6 Å². The van der Waals surface area contributed by atoms with Crippen LogP contribution in [0, 0.1) is 5.95 Å². The van der Waals surface area contributed by atoms with Crippen LogP contribution >= 0.6 is 11.6 Å². The number of rotatable bonds is 6. The van der Waals surface area contributed by atoms with Gasteiger partial charge in [-0.1, -0.05) is 11.6 Å². The number of hydrogen-bond donors (Lipinski definition) is 2. The minimum absolute atomic E-state index is 0.0755. The summed E-state index contributed by atoms with van der Waals surface area (Å²) >= 11 is 6.03. The van der Waals surface area contributed by atoms with Crippen LogP contribution in [0.3, 0.4) is 0 Å². The Labute approximate surface area is 158 Å². The summed E-state index contributed by atoms with van der Waals surface area (Å²) in [6.45, 7) is 1.57. The molecule has 2 rings (SSSR count). The van der Waals surface area contributed by atoms with Crippen molar-refractivity contribution in [2.24, 2.45) is 7.05 Å². The minimum Gasteiger partial charge on any atom is -0.344 e. The third-order valence-corrected chi connectivity index (χ3v) is 5.72. The van der Waals surface area contributed by atoms with Gasteiger partial charge in [0.1, 0.15) is 10.6 Å². The van der Waals surface area contributed by atoms with Gasteiger partial charge in [-0.15, -0.1) is 0 Å². The van der Waals surface area contributed by atoms with Crippen molar-refractivity contribution < 1.29 is 26.4 Å². The Morgan fingerprint density at radius 2 is 2.04 bits per heavy atom. The highest BCUT2D eigenvalue weighted by molar-refractivity contribution is 7.89. The van der Waals surface area contributed by atoms with E-state index in [0.717, 1.165) is 30.0 Å². The summed E-state index contributed by atoms with van der Waals surface area (Å²) < 4.78 is 67.4. The van der Waals surface area contributed by atoms with E-state index in [-0.39, 0.29) is 11.4 Å². The van der Waals surface area contributed by atoms with Gasteiger partial charge < -0.3 is 9.88 Å². The Kier molecular flexibility index (Phi) is 5.88. The maximum Gasteiger partial charge on any atom is 0.273 e. The van der Waals surface area contributed by atoms with Gasteiger partial charge >= 0.3 is 0 Å². The van der Waals surface area contributed by atoms with Crippen LogP contribution in [0.2, 0.25) is 5.02 Å². The van der Waals surface area contributed by atoms with Crippen LogP contribution in [0.5, 0.6) is 0 Å². The molecule has 2 aromatic heterocycles. The van der Waals surface area contributed by atoms with E-state index in [1.807, 2.05) is 4.72 Å². The molecule has 0 radical (unpaired) electrons. The molecular weight excluding hydrogens is 409 g/mol. The molecule has 2 N–H and O–H groups in total. The molecule has 0 aromatic carbocycles. The SMILES string of the molecule is C[C@@H](NS(=O)(=O)c1cn(C)c(C(=O)Nc2ccnc(F)c2)c1Cl)C(C)(F)F. The lowest BCUT2D eigenvalue weighted by molar-refractivity contribution is -0.00488. The van der Waals surface area contributed by atoms with Crippen LogP contribution in [-0.2, 0) is 17.1 Å². The smallest absolute Gasteiger partial charge is 0.273 e. The van der Waals surface area contributed by atoms with Crippen LogP contribution < -0.4 is 10.0 Å². The molecule has 0 unspecified atom stereocenters. The monoisotopic (exact) mass is 424 g/mol. The molecule has 0 aliphatic carbocycles. The van der Waals surface area contributed by atoms with E-state index in [0.29, 0.717) is 6.92 Å². The molecular formula is C15H16ClF3N4O3S. The standard InChI is InChI=1S/C15H16ClF3N4O3S/c1-8(15(2,18)19)22-27(25,26)10-7-23(3)13(12(10)16)14(24)21-9-4-5-20-11(17)6-9/h4-8,22H,1-3H3,(H,20,21,24)/t8-/m1/s1. The van der Waals surface area contributed by atoms with E-state index >= 15 is 0 Å². The van der Waals surface area contributed by atoms with Crippen molar-refractivity contribution in [3.8, 4) is 0 Å². The number of halogens is 4. The fraction of sp³-hybridized carbons (Fsp3) is 0.333. The number of aromatic nitrogens is 2. The fourth-order valence-corrected chi connectivity index (χ4v) is 4.09. The van der Waals surface area contributed by atoms with Crippen molar-refractivity contribution in [1.29, 1.82) is 0 Å². The first-order valence-corrected chi connectivity index (χ1v) is 9.37. The zero-order valence-electron chi connectivity index (χ0n) is 14.4. The Morgan fingerprint density at radius 1 is 1.41 bits per heavy atom. The minimum atomic E-state index is -4.42. The first-order chi connectivity index (χ1) is 12.3. The third-order valence-electron chi connectivity index (χ3n) is 3.67. The van der Waals surface area contributed by atoms with E-state index in [1.54, 1.807) is 0 Å². The average molecular weight is 425 g/mol. The lowest BCUT2D eigenvalue weighted by Gasteiger charge is -2.20. The molecule has 0 fully saturated rings. The van der Waals surface area contributed by atoms with Crippen LogP contribution in [0.25, 0.3) is 0 Å². The van der Waals surface area contributed by atoms with Gasteiger partial charge in [0.2, 0.25) is 16.0 Å². The number of alkyl halides is 2. The van der Waals surface area contributed by atoms with Gasteiger partial charge in [-0.05, 0) is 13.0 Å². The number of carbonyl (C=O) groups excluding carboxylic acids is 1. The average Bonchev–Trinajstić information content (AvgIpc) is 2.81. The summed E-state index contributed by atoms with van der Waals surface area (Å²) in [5.74, 6) is -4.95. The number of nitrogens with zero attached hydrogens (tertiary/aromatic N) is 2. The second kappa shape index (κ2) is 7.49. The predicted octanol–water partition coefficient (Wildman–Crippen LogP) is 2.79. The molecule has 0 bridgehead atoms. The number of aryl methyl sites for hydroxylation is 1. The van der Waals surface area contributed by atoms with Crippen molar-refractivity contribution >= 4 is 33.2 Å². The molecule has 2 aromatic rings. The second-order valence-corrected chi connectivity index (χ2v) is 7.95. The Hall–Kier alpha value is -2.11. The van der Waals surface area contributed by atoms with E-state index < -0.39 is 43.8 Å². The molecule has 0 aliphatic heterocycles.